The van der Waals surface area contributed by atoms with Crippen LogP contribution < -0.4 is 0 Å². The van der Waals surface area contributed by atoms with Gasteiger partial charge in [-0.05, 0) is 42.0 Å². The van der Waals surface area contributed by atoms with E-state index in [4.69, 9.17) is 23.2 Å². The van der Waals surface area contributed by atoms with Gasteiger partial charge in [-0.1, -0.05) is 29.3 Å². The van der Waals surface area contributed by atoms with Crippen molar-refractivity contribution >= 4 is 39.5 Å². The molecular formula is C18H11Cl2FN2S. The molecule has 0 aliphatic heterocycles. The number of aromatic nitrogens is 2. The number of halogens is 3. The third-order valence-electron chi connectivity index (χ3n) is 3.72. The first kappa shape index (κ1) is 15.6. The lowest BCUT2D eigenvalue weighted by atomic mass is 10.1. The highest BCUT2D eigenvalue weighted by atomic mass is 35.5. The number of fused-ring (bicyclic) bond motifs is 1. The van der Waals surface area contributed by atoms with Gasteiger partial charge in [0.25, 0.3) is 0 Å². The van der Waals surface area contributed by atoms with E-state index in [0.29, 0.717) is 10.0 Å². The highest BCUT2D eigenvalue weighted by Crippen LogP contribution is 2.28. The van der Waals surface area contributed by atoms with Gasteiger partial charge in [-0.15, -0.1) is 11.3 Å². The fourth-order valence-electron chi connectivity index (χ4n) is 2.54. The van der Waals surface area contributed by atoms with E-state index in [1.165, 1.54) is 12.1 Å². The van der Waals surface area contributed by atoms with E-state index in [9.17, 15) is 4.39 Å². The first-order valence-corrected chi connectivity index (χ1v) is 8.83. The lowest BCUT2D eigenvalue weighted by Gasteiger charge is -2.02. The summed E-state index contributed by atoms with van der Waals surface area (Å²) in [7, 11) is 0. The molecule has 0 aliphatic rings. The van der Waals surface area contributed by atoms with E-state index in [2.05, 4.69) is 4.98 Å². The maximum Gasteiger partial charge on any atom is 0.194 e. The van der Waals surface area contributed by atoms with Crippen molar-refractivity contribution in [2.45, 2.75) is 6.42 Å². The van der Waals surface area contributed by atoms with Crippen LogP contribution in [0, 0.1) is 5.82 Å². The van der Waals surface area contributed by atoms with Gasteiger partial charge in [0.2, 0.25) is 0 Å². The average molecular weight is 377 g/mol. The van der Waals surface area contributed by atoms with Crippen LogP contribution >= 0.6 is 34.5 Å². The molecule has 4 aromatic rings. The predicted octanol–water partition coefficient (Wildman–Crippen LogP) is 6.10. The Balaban J connectivity index is 1.62. The highest BCUT2D eigenvalue weighted by Gasteiger charge is 2.10. The second-order valence-electron chi connectivity index (χ2n) is 5.43. The molecule has 0 atom stereocenters. The molecule has 0 aliphatic carbocycles. The third kappa shape index (κ3) is 3.05. The van der Waals surface area contributed by atoms with Gasteiger partial charge in [-0.2, -0.15) is 0 Å². The van der Waals surface area contributed by atoms with Gasteiger partial charge in [0.15, 0.2) is 4.96 Å². The van der Waals surface area contributed by atoms with Crippen LogP contribution in [0.5, 0.6) is 0 Å². The first-order chi connectivity index (χ1) is 11.6. The van der Waals surface area contributed by atoms with E-state index >= 15 is 0 Å². The van der Waals surface area contributed by atoms with Crippen molar-refractivity contribution in [3.63, 3.8) is 0 Å². The van der Waals surface area contributed by atoms with E-state index < -0.39 is 0 Å². The fourth-order valence-corrected chi connectivity index (χ4v) is 4.00. The predicted molar refractivity (Wildman–Crippen MR) is 97.7 cm³/mol. The molecule has 0 spiro atoms. The van der Waals surface area contributed by atoms with Gasteiger partial charge in [0, 0.05) is 39.3 Å². The van der Waals surface area contributed by atoms with E-state index in [1.54, 1.807) is 29.5 Å². The van der Waals surface area contributed by atoms with Crippen LogP contribution in [0.15, 0.2) is 54.9 Å². The molecule has 0 fully saturated rings. The summed E-state index contributed by atoms with van der Waals surface area (Å²) in [6.45, 7) is 0. The number of thiazole rings is 1. The second-order valence-corrected chi connectivity index (χ2v) is 7.37. The van der Waals surface area contributed by atoms with E-state index in [1.807, 2.05) is 28.9 Å². The van der Waals surface area contributed by atoms with Crippen molar-refractivity contribution in [1.82, 2.24) is 9.38 Å². The van der Waals surface area contributed by atoms with Crippen molar-refractivity contribution in [3.05, 3.63) is 81.2 Å². The summed E-state index contributed by atoms with van der Waals surface area (Å²) in [6, 6.07) is 11.9. The molecule has 6 heteroatoms. The molecule has 0 radical (unpaired) electrons. The zero-order valence-electron chi connectivity index (χ0n) is 12.3. The average Bonchev–Trinajstić information content (AvgIpc) is 3.09. The summed E-state index contributed by atoms with van der Waals surface area (Å²) < 4.78 is 15.0. The minimum Gasteiger partial charge on any atom is -0.297 e. The van der Waals surface area contributed by atoms with Crippen LogP contribution in [-0.4, -0.2) is 9.38 Å². The smallest absolute Gasteiger partial charge is 0.194 e. The molecule has 0 bridgehead atoms. The molecule has 0 unspecified atom stereocenters. The number of benzene rings is 2. The van der Waals surface area contributed by atoms with Crippen molar-refractivity contribution < 1.29 is 4.39 Å². The molecule has 2 aromatic carbocycles. The highest BCUT2D eigenvalue weighted by molar-refractivity contribution is 7.17. The van der Waals surface area contributed by atoms with Gasteiger partial charge in [-0.25, -0.2) is 9.37 Å². The van der Waals surface area contributed by atoms with Gasteiger partial charge in [0.05, 0.1) is 5.69 Å². The molecule has 0 amide bonds. The van der Waals surface area contributed by atoms with Crippen molar-refractivity contribution in [2.75, 3.05) is 0 Å². The summed E-state index contributed by atoms with van der Waals surface area (Å²) in [4.78, 5) is 6.67. The Labute approximate surface area is 152 Å². The Hall–Kier alpha value is -1.88. The van der Waals surface area contributed by atoms with Crippen molar-refractivity contribution in [1.29, 1.82) is 0 Å². The van der Waals surface area contributed by atoms with Crippen LogP contribution in [0.2, 0.25) is 10.0 Å². The third-order valence-corrected chi connectivity index (χ3v) is 5.31. The van der Waals surface area contributed by atoms with E-state index in [-0.39, 0.29) is 5.82 Å². The number of imidazole rings is 1. The Kier molecular flexibility index (Phi) is 4.04. The first-order valence-electron chi connectivity index (χ1n) is 7.26. The van der Waals surface area contributed by atoms with Crippen molar-refractivity contribution in [2.24, 2.45) is 0 Å². The number of rotatable bonds is 3. The van der Waals surface area contributed by atoms with Crippen LogP contribution in [0.3, 0.4) is 0 Å². The minimum atomic E-state index is -0.248. The summed E-state index contributed by atoms with van der Waals surface area (Å²) >= 11 is 13.8. The molecule has 2 nitrogen and oxygen atoms in total. The number of hydrogen-bond donors (Lipinski definition) is 0. The van der Waals surface area contributed by atoms with E-state index in [0.717, 1.165) is 33.1 Å². The second kappa shape index (κ2) is 6.20. The fraction of sp³-hybridized carbons (Fsp3) is 0.0556. The normalized spacial score (nSPS) is 11.3. The minimum absolute atomic E-state index is 0.248. The van der Waals surface area contributed by atoms with Gasteiger partial charge in [0.1, 0.15) is 5.82 Å². The molecule has 2 aromatic heterocycles. The molecule has 4 rings (SSSR count). The Morgan fingerprint density at radius 1 is 1.04 bits per heavy atom. The lowest BCUT2D eigenvalue weighted by molar-refractivity contribution is 0.628. The topological polar surface area (TPSA) is 17.3 Å². The van der Waals surface area contributed by atoms with Crippen molar-refractivity contribution in [3.8, 4) is 11.3 Å². The molecule has 0 saturated heterocycles. The maximum atomic E-state index is 13.0. The molecule has 2 heterocycles. The largest absolute Gasteiger partial charge is 0.297 e. The van der Waals surface area contributed by atoms with Gasteiger partial charge < -0.3 is 0 Å². The maximum absolute atomic E-state index is 13.0. The molecule has 0 saturated carbocycles. The van der Waals surface area contributed by atoms with Crippen LogP contribution in [0.4, 0.5) is 4.39 Å². The number of nitrogens with zero attached hydrogens (tertiary/aromatic N) is 2. The monoisotopic (exact) mass is 376 g/mol. The molecular weight excluding hydrogens is 366 g/mol. The zero-order chi connectivity index (χ0) is 16.7. The standard InChI is InChI=1S/C18H11Cl2FN2S/c19-13-4-1-12(16(20)8-13)7-15-9-23-10-17(22-18(23)24-15)11-2-5-14(21)6-3-11/h1-6,8-10H,7H2. The quantitative estimate of drug-likeness (QED) is 0.422. The summed E-state index contributed by atoms with van der Waals surface area (Å²) in [5.41, 5.74) is 2.76. The summed E-state index contributed by atoms with van der Waals surface area (Å²) in [5, 5.41) is 1.30. The molecule has 0 N–H and O–H groups in total. The Morgan fingerprint density at radius 3 is 2.54 bits per heavy atom. The van der Waals surface area contributed by atoms with Crippen LogP contribution in [0.1, 0.15) is 10.4 Å². The SMILES string of the molecule is Fc1ccc(-c2cn3cc(Cc4ccc(Cl)cc4Cl)sc3n2)cc1. The Morgan fingerprint density at radius 2 is 1.83 bits per heavy atom. The summed E-state index contributed by atoms with van der Waals surface area (Å²) in [6.07, 6.45) is 4.73. The van der Waals surface area contributed by atoms with Crippen LogP contribution in [-0.2, 0) is 6.42 Å². The van der Waals surface area contributed by atoms with Gasteiger partial charge in [-0.3, -0.25) is 4.40 Å². The Bertz CT molecular complexity index is 990. The summed E-state index contributed by atoms with van der Waals surface area (Å²) in [5.74, 6) is -0.248. The van der Waals surface area contributed by atoms with Crippen LogP contribution in [0.25, 0.3) is 16.2 Å². The zero-order valence-corrected chi connectivity index (χ0v) is 14.7. The lowest BCUT2D eigenvalue weighted by Crippen LogP contribution is -1.86. The molecule has 24 heavy (non-hydrogen) atoms. The molecule has 120 valence electrons. The van der Waals surface area contributed by atoms with Gasteiger partial charge >= 0.3 is 0 Å². The number of hydrogen-bond acceptors (Lipinski definition) is 2.